The number of hydrogen-bond acceptors (Lipinski definition) is 4. The quantitative estimate of drug-likeness (QED) is 0.121. The van der Waals surface area contributed by atoms with Gasteiger partial charge in [-0.05, 0) is 97.6 Å². The third-order valence-corrected chi connectivity index (χ3v) is 8.23. The van der Waals surface area contributed by atoms with Crippen molar-refractivity contribution in [1.82, 2.24) is 5.32 Å². The van der Waals surface area contributed by atoms with Crippen LogP contribution in [-0.2, 0) is 9.59 Å². The molecule has 4 aromatic rings. The van der Waals surface area contributed by atoms with Crippen LogP contribution in [0, 0.1) is 13.8 Å². The van der Waals surface area contributed by atoms with Crippen molar-refractivity contribution in [3.63, 3.8) is 0 Å². The van der Waals surface area contributed by atoms with Crippen LogP contribution < -0.4 is 16.0 Å². The van der Waals surface area contributed by atoms with Crippen LogP contribution in [0.1, 0.15) is 40.4 Å². The van der Waals surface area contributed by atoms with Gasteiger partial charge in [-0.25, -0.2) is 0 Å². The fourth-order valence-electron chi connectivity index (χ4n) is 4.32. The molecule has 3 N–H and O–H groups in total. The van der Waals surface area contributed by atoms with Crippen LogP contribution in [0.5, 0.6) is 0 Å². The van der Waals surface area contributed by atoms with Gasteiger partial charge in [-0.1, -0.05) is 66.5 Å². The average Bonchev–Trinajstić information content (AvgIpc) is 2.96. The van der Waals surface area contributed by atoms with Gasteiger partial charge >= 0.3 is 0 Å². The summed E-state index contributed by atoms with van der Waals surface area (Å²) in [6.07, 6.45) is 2.11. The van der Waals surface area contributed by atoms with Gasteiger partial charge in [0.15, 0.2) is 0 Å². The van der Waals surface area contributed by atoms with Crippen molar-refractivity contribution < 1.29 is 14.4 Å². The van der Waals surface area contributed by atoms with Gasteiger partial charge < -0.3 is 16.0 Å². The largest absolute Gasteiger partial charge is 0.325 e. The highest BCUT2D eigenvalue weighted by atomic mass is 35.5. The molecule has 1 unspecified atom stereocenters. The Morgan fingerprint density at radius 1 is 0.814 bits per heavy atom. The minimum atomic E-state index is -0.544. The molecule has 6 nitrogen and oxygen atoms in total. The Bertz CT molecular complexity index is 1650. The van der Waals surface area contributed by atoms with Crippen LogP contribution in [-0.4, -0.2) is 23.0 Å². The summed E-state index contributed by atoms with van der Waals surface area (Å²) in [7, 11) is 0. The SMILES string of the molecule is CCC(Sc1cccc(NC(=O)/C(=C\c2ccc(Cl)cc2Cl)NC(=O)c2ccccc2)c1)C(=O)Nc1cc(C)cc(C)c1. The van der Waals surface area contributed by atoms with Crippen LogP contribution in [0.15, 0.2) is 102 Å². The molecule has 0 aromatic heterocycles. The molecule has 43 heavy (non-hydrogen) atoms. The lowest BCUT2D eigenvalue weighted by molar-refractivity contribution is -0.116. The number of aryl methyl sites for hydroxylation is 2. The third kappa shape index (κ3) is 9.22. The van der Waals surface area contributed by atoms with E-state index in [1.54, 1.807) is 66.7 Å². The maximum Gasteiger partial charge on any atom is 0.272 e. The highest BCUT2D eigenvalue weighted by Gasteiger charge is 2.20. The molecular weight excluding hydrogens is 601 g/mol. The number of hydrogen-bond donors (Lipinski definition) is 3. The molecule has 0 heterocycles. The number of carbonyl (C=O) groups is 3. The highest BCUT2D eigenvalue weighted by Crippen LogP contribution is 2.29. The first-order chi connectivity index (χ1) is 20.6. The average molecular weight is 633 g/mol. The summed E-state index contributed by atoms with van der Waals surface area (Å²) in [4.78, 5) is 40.3. The van der Waals surface area contributed by atoms with Crippen LogP contribution in [0.4, 0.5) is 11.4 Å². The molecule has 0 aliphatic heterocycles. The van der Waals surface area contributed by atoms with E-state index in [0.717, 1.165) is 21.7 Å². The number of halogens is 2. The van der Waals surface area contributed by atoms with Crippen molar-refractivity contribution in [2.24, 2.45) is 0 Å². The van der Waals surface area contributed by atoms with E-state index < -0.39 is 11.8 Å². The summed E-state index contributed by atoms with van der Waals surface area (Å²) in [5, 5.41) is 9.02. The number of thioether (sulfide) groups is 1. The monoisotopic (exact) mass is 631 g/mol. The summed E-state index contributed by atoms with van der Waals surface area (Å²) in [5.74, 6) is -1.09. The molecule has 4 aromatic carbocycles. The standard InChI is InChI=1S/C34H31Cl2N3O3S/c1-4-31(34(42)38-27-16-21(2)15-22(3)17-27)43-28-12-8-11-26(20-28)37-33(41)30(18-24-13-14-25(35)19-29(24)36)39-32(40)23-9-6-5-7-10-23/h5-20,31H,4H2,1-3H3,(H,37,41)(H,38,42)(H,39,40)/b30-18+. The molecule has 0 radical (unpaired) electrons. The van der Waals surface area contributed by atoms with Gasteiger partial charge in [0.1, 0.15) is 5.70 Å². The zero-order valence-electron chi connectivity index (χ0n) is 23.9. The van der Waals surface area contributed by atoms with E-state index in [1.165, 1.54) is 17.8 Å². The van der Waals surface area contributed by atoms with E-state index in [1.807, 2.05) is 39.0 Å². The fraction of sp³-hybridized carbons (Fsp3) is 0.147. The van der Waals surface area contributed by atoms with E-state index in [9.17, 15) is 14.4 Å². The fourth-order valence-corrected chi connectivity index (χ4v) is 5.79. The van der Waals surface area contributed by atoms with Gasteiger partial charge in [0.2, 0.25) is 5.91 Å². The number of rotatable bonds is 10. The number of carbonyl (C=O) groups excluding carboxylic acids is 3. The Morgan fingerprint density at radius 2 is 1.53 bits per heavy atom. The molecule has 3 amide bonds. The second-order valence-electron chi connectivity index (χ2n) is 9.91. The molecule has 9 heteroatoms. The zero-order valence-corrected chi connectivity index (χ0v) is 26.2. The minimum absolute atomic E-state index is 0.00427. The van der Waals surface area contributed by atoms with Crippen molar-refractivity contribution in [2.45, 2.75) is 37.3 Å². The normalized spacial score (nSPS) is 11.9. The van der Waals surface area contributed by atoms with Crippen molar-refractivity contribution in [1.29, 1.82) is 0 Å². The molecule has 1 atom stereocenters. The van der Waals surface area contributed by atoms with Gasteiger partial charge in [0.05, 0.1) is 5.25 Å². The van der Waals surface area contributed by atoms with E-state index in [0.29, 0.717) is 33.3 Å². The van der Waals surface area contributed by atoms with E-state index in [-0.39, 0.29) is 16.9 Å². The lowest BCUT2D eigenvalue weighted by Crippen LogP contribution is -2.30. The van der Waals surface area contributed by atoms with Gasteiger partial charge in [-0.15, -0.1) is 11.8 Å². The summed E-state index contributed by atoms with van der Waals surface area (Å²) in [5.41, 5.74) is 4.32. The molecule has 4 rings (SSSR count). The Kier molecular flexibility index (Phi) is 11.1. The van der Waals surface area contributed by atoms with Crippen LogP contribution in [0.2, 0.25) is 10.0 Å². The molecule has 0 aliphatic rings. The van der Waals surface area contributed by atoms with Crippen LogP contribution in [0.3, 0.4) is 0 Å². The zero-order chi connectivity index (χ0) is 30.9. The van der Waals surface area contributed by atoms with Gasteiger partial charge in [-0.2, -0.15) is 0 Å². The molecule has 0 saturated heterocycles. The van der Waals surface area contributed by atoms with Crippen LogP contribution >= 0.6 is 35.0 Å². The number of amides is 3. The Hall–Kier alpha value is -4.04. The number of anilines is 2. The van der Waals surface area contributed by atoms with E-state index in [4.69, 9.17) is 23.2 Å². The number of benzene rings is 4. The minimum Gasteiger partial charge on any atom is -0.325 e. The molecule has 0 bridgehead atoms. The predicted molar refractivity (Wildman–Crippen MR) is 178 cm³/mol. The van der Waals surface area contributed by atoms with Gasteiger partial charge in [-0.3, -0.25) is 14.4 Å². The third-order valence-electron chi connectivity index (χ3n) is 6.31. The van der Waals surface area contributed by atoms with Gasteiger partial charge in [0, 0.05) is 31.9 Å². The summed E-state index contributed by atoms with van der Waals surface area (Å²) >= 11 is 13.8. The maximum absolute atomic E-state index is 13.5. The van der Waals surface area contributed by atoms with Gasteiger partial charge in [0.25, 0.3) is 11.8 Å². The van der Waals surface area contributed by atoms with Crippen LogP contribution in [0.25, 0.3) is 6.08 Å². The first-order valence-corrected chi connectivity index (χ1v) is 15.2. The lowest BCUT2D eigenvalue weighted by atomic mass is 10.1. The Labute approximate surface area is 265 Å². The first-order valence-electron chi connectivity index (χ1n) is 13.6. The molecule has 0 saturated carbocycles. The van der Waals surface area contributed by atoms with Crippen molar-refractivity contribution in [3.05, 3.63) is 129 Å². The smallest absolute Gasteiger partial charge is 0.272 e. The van der Waals surface area contributed by atoms with Crippen molar-refractivity contribution >= 4 is 70.1 Å². The maximum atomic E-state index is 13.5. The number of nitrogens with one attached hydrogen (secondary N) is 3. The van der Waals surface area contributed by atoms with Crippen molar-refractivity contribution in [2.75, 3.05) is 10.6 Å². The van der Waals surface area contributed by atoms with E-state index in [2.05, 4.69) is 22.0 Å². The van der Waals surface area contributed by atoms with E-state index >= 15 is 0 Å². The summed E-state index contributed by atoms with van der Waals surface area (Å²) < 4.78 is 0. The molecule has 220 valence electrons. The predicted octanol–water partition coefficient (Wildman–Crippen LogP) is 8.53. The summed E-state index contributed by atoms with van der Waals surface area (Å²) in [6, 6.07) is 26.6. The lowest BCUT2D eigenvalue weighted by Gasteiger charge is -2.16. The second-order valence-corrected chi connectivity index (χ2v) is 12.0. The highest BCUT2D eigenvalue weighted by molar-refractivity contribution is 8.00. The molecule has 0 aliphatic carbocycles. The van der Waals surface area contributed by atoms with Crippen molar-refractivity contribution in [3.8, 4) is 0 Å². The Balaban J connectivity index is 1.52. The Morgan fingerprint density at radius 3 is 2.21 bits per heavy atom. The molecule has 0 spiro atoms. The second kappa shape index (κ2) is 14.9. The summed E-state index contributed by atoms with van der Waals surface area (Å²) in [6.45, 7) is 5.94. The molecular formula is C34H31Cl2N3O3S. The topological polar surface area (TPSA) is 87.3 Å². The first kappa shape index (κ1) is 31.9. The molecule has 0 fully saturated rings.